The highest BCUT2D eigenvalue weighted by atomic mass is 35.5. The van der Waals surface area contributed by atoms with Gasteiger partial charge in [-0.2, -0.15) is 0 Å². The van der Waals surface area contributed by atoms with Crippen LogP contribution < -0.4 is 5.32 Å². The summed E-state index contributed by atoms with van der Waals surface area (Å²) in [6.07, 6.45) is 3.38. The van der Waals surface area contributed by atoms with Crippen LogP contribution in [0.2, 0.25) is 5.02 Å². The molecule has 0 heterocycles. The minimum atomic E-state index is -0.681. The third-order valence-corrected chi connectivity index (χ3v) is 5.87. The first-order valence-corrected chi connectivity index (χ1v) is 10.4. The number of hydrogen-bond donors (Lipinski definition) is 1. The molecule has 0 saturated heterocycles. The smallest absolute Gasteiger partial charge is 0.317 e. The van der Waals surface area contributed by atoms with Crippen LogP contribution in [0, 0.1) is 0 Å². The molecule has 3 rings (SSSR count). The van der Waals surface area contributed by atoms with E-state index in [1.165, 1.54) is 5.56 Å². The van der Waals surface area contributed by atoms with E-state index in [0.29, 0.717) is 10.7 Å². The summed E-state index contributed by atoms with van der Waals surface area (Å²) in [5.74, 6) is -0.679. The number of hydrogen-bond acceptors (Lipinski definition) is 3. The molecule has 0 radical (unpaired) electrons. The summed E-state index contributed by atoms with van der Waals surface area (Å²) in [5.41, 5.74) is 2.15. The lowest BCUT2D eigenvalue weighted by atomic mass is 9.79. The average molecular weight is 414 g/mol. The topological polar surface area (TPSA) is 55.4 Å². The van der Waals surface area contributed by atoms with E-state index in [0.717, 1.165) is 31.2 Å². The van der Waals surface area contributed by atoms with Crippen molar-refractivity contribution < 1.29 is 14.3 Å². The summed E-state index contributed by atoms with van der Waals surface area (Å²) in [4.78, 5) is 25.2. The Kier molecular flexibility index (Phi) is 6.33. The van der Waals surface area contributed by atoms with Gasteiger partial charge in [0.05, 0.1) is 5.41 Å². The summed E-state index contributed by atoms with van der Waals surface area (Å²) >= 11 is 5.99. The monoisotopic (exact) mass is 413 g/mol. The van der Waals surface area contributed by atoms with Gasteiger partial charge in [-0.1, -0.05) is 69.5 Å². The van der Waals surface area contributed by atoms with Crippen molar-refractivity contribution in [2.24, 2.45) is 0 Å². The van der Waals surface area contributed by atoms with E-state index in [-0.39, 0.29) is 23.9 Å². The second-order valence-electron chi connectivity index (χ2n) is 8.75. The number of benzene rings is 2. The predicted molar refractivity (Wildman–Crippen MR) is 116 cm³/mol. The number of esters is 1. The molecule has 1 amide bonds. The van der Waals surface area contributed by atoms with Crippen molar-refractivity contribution in [1.29, 1.82) is 0 Å². The van der Waals surface area contributed by atoms with Crippen LogP contribution in [0.5, 0.6) is 0 Å². The maximum atomic E-state index is 12.9. The minimum absolute atomic E-state index is 0.0509. The van der Waals surface area contributed by atoms with E-state index < -0.39 is 5.41 Å². The molecule has 0 unspecified atom stereocenters. The third kappa shape index (κ3) is 4.99. The van der Waals surface area contributed by atoms with Gasteiger partial charge < -0.3 is 10.1 Å². The Morgan fingerprint density at radius 1 is 1.00 bits per heavy atom. The molecule has 1 aliphatic rings. The van der Waals surface area contributed by atoms with E-state index in [1.54, 1.807) is 12.1 Å². The highest BCUT2D eigenvalue weighted by molar-refractivity contribution is 6.30. The van der Waals surface area contributed by atoms with E-state index in [4.69, 9.17) is 16.3 Å². The first-order valence-electron chi connectivity index (χ1n) is 10.0. The molecule has 0 atom stereocenters. The van der Waals surface area contributed by atoms with Crippen LogP contribution in [0.25, 0.3) is 0 Å². The molecule has 1 N–H and O–H groups in total. The fourth-order valence-electron chi connectivity index (χ4n) is 3.88. The van der Waals surface area contributed by atoms with Crippen LogP contribution in [0.4, 0.5) is 5.69 Å². The van der Waals surface area contributed by atoms with Gasteiger partial charge in [0.15, 0.2) is 6.61 Å². The Hall–Kier alpha value is -2.33. The minimum Gasteiger partial charge on any atom is -0.455 e. The van der Waals surface area contributed by atoms with Crippen LogP contribution in [0.15, 0.2) is 48.5 Å². The van der Waals surface area contributed by atoms with Crippen molar-refractivity contribution in [3.05, 3.63) is 64.7 Å². The van der Waals surface area contributed by atoms with Crippen LogP contribution in [-0.4, -0.2) is 18.5 Å². The van der Waals surface area contributed by atoms with Crippen molar-refractivity contribution in [3.63, 3.8) is 0 Å². The zero-order valence-electron chi connectivity index (χ0n) is 17.3. The van der Waals surface area contributed by atoms with Gasteiger partial charge in [0.1, 0.15) is 0 Å². The molecule has 0 aromatic heterocycles. The summed E-state index contributed by atoms with van der Waals surface area (Å²) in [5, 5.41) is 3.42. The first kappa shape index (κ1) is 21.4. The van der Waals surface area contributed by atoms with Gasteiger partial charge >= 0.3 is 5.97 Å². The molecule has 2 aromatic carbocycles. The molecule has 0 aliphatic heterocycles. The van der Waals surface area contributed by atoms with Crippen molar-refractivity contribution in [3.8, 4) is 0 Å². The number of carbonyl (C=O) groups is 2. The Morgan fingerprint density at radius 3 is 2.14 bits per heavy atom. The van der Waals surface area contributed by atoms with E-state index in [2.05, 4.69) is 26.1 Å². The van der Waals surface area contributed by atoms with Crippen molar-refractivity contribution in [2.75, 3.05) is 11.9 Å². The normalized spacial score (nSPS) is 15.7. The summed E-state index contributed by atoms with van der Waals surface area (Å²) in [7, 11) is 0. The molecular formula is C24H28ClNO3. The van der Waals surface area contributed by atoms with E-state index in [9.17, 15) is 9.59 Å². The average Bonchev–Trinajstić information content (AvgIpc) is 3.17. The molecule has 0 bridgehead atoms. The molecule has 4 nitrogen and oxygen atoms in total. The fourth-order valence-corrected chi connectivity index (χ4v) is 4.00. The molecule has 0 spiro atoms. The van der Waals surface area contributed by atoms with Crippen LogP contribution in [0.1, 0.15) is 57.6 Å². The molecule has 2 aromatic rings. The van der Waals surface area contributed by atoms with Crippen LogP contribution >= 0.6 is 11.6 Å². The number of amides is 1. The van der Waals surface area contributed by atoms with Crippen LogP contribution in [-0.2, 0) is 25.2 Å². The van der Waals surface area contributed by atoms with Gasteiger partial charge in [-0.05, 0) is 53.6 Å². The molecule has 1 saturated carbocycles. The largest absolute Gasteiger partial charge is 0.455 e. The van der Waals surface area contributed by atoms with Crippen molar-refractivity contribution in [2.45, 2.75) is 57.3 Å². The molecule has 154 valence electrons. The summed E-state index contributed by atoms with van der Waals surface area (Å²) in [6.45, 7) is 6.12. The van der Waals surface area contributed by atoms with Crippen molar-refractivity contribution >= 4 is 29.2 Å². The zero-order chi connectivity index (χ0) is 21.1. The maximum Gasteiger partial charge on any atom is 0.317 e. The predicted octanol–water partition coefficient (Wildman–Crippen LogP) is 5.63. The Balaban J connectivity index is 1.61. The van der Waals surface area contributed by atoms with E-state index >= 15 is 0 Å². The Morgan fingerprint density at radius 2 is 1.59 bits per heavy atom. The molecule has 1 fully saturated rings. The SMILES string of the molecule is CC(C)(C)c1ccc(NC(=O)COC(=O)C2(c3ccc(Cl)cc3)CCCC2)cc1. The number of carbonyl (C=O) groups excluding carboxylic acids is 2. The second kappa shape index (κ2) is 8.58. The second-order valence-corrected chi connectivity index (χ2v) is 9.18. The van der Waals surface area contributed by atoms with Gasteiger partial charge in [-0.25, -0.2) is 0 Å². The van der Waals surface area contributed by atoms with Crippen molar-refractivity contribution in [1.82, 2.24) is 0 Å². The lowest BCUT2D eigenvalue weighted by Gasteiger charge is -2.27. The van der Waals surface area contributed by atoms with Gasteiger partial charge in [-0.3, -0.25) is 9.59 Å². The number of anilines is 1. The van der Waals surface area contributed by atoms with Gasteiger partial charge in [0, 0.05) is 10.7 Å². The lowest BCUT2D eigenvalue weighted by molar-refractivity contribution is -0.153. The maximum absolute atomic E-state index is 12.9. The van der Waals surface area contributed by atoms with Gasteiger partial charge in [0.25, 0.3) is 5.91 Å². The molecule has 1 aliphatic carbocycles. The standard InChI is InChI=1S/C24H28ClNO3/c1-23(2,3)17-8-12-20(13-9-17)26-21(27)16-29-22(28)24(14-4-5-15-24)18-6-10-19(25)11-7-18/h6-13H,4-5,14-16H2,1-3H3,(H,26,27). The Labute approximate surface area is 177 Å². The first-order chi connectivity index (χ1) is 13.7. The number of ether oxygens (including phenoxy) is 1. The number of rotatable bonds is 5. The number of nitrogens with one attached hydrogen (secondary N) is 1. The quantitative estimate of drug-likeness (QED) is 0.646. The lowest BCUT2D eigenvalue weighted by Crippen LogP contribution is -2.36. The molecule has 5 heteroatoms. The highest BCUT2D eigenvalue weighted by Crippen LogP contribution is 2.42. The van der Waals surface area contributed by atoms with Crippen LogP contribution in [0.3, 0.4) is 0 Å². The highest BCUT2D eigenvalue weighted by Gasteiger charge is 2.44. The van der Waals surface area contributed by atoms with Gasteiger partial charge in [0.2, 0.25) is 0 Å². The summed E-state index contributed by atoms with van der Waals surface area (Å²) < 4.78 is 5.44. The summed E-state index contributed by atoms with van der Waals surface area (Å²) in [6, 6.07) is 15.1. The van der Waals surface area contributed by atoms with Gasteiger partial charge in [-0.15, -0.1) is 0 Å². The number of halogens is 1. The molecule has 29 heavy (non-hydrogen) atoms. The Bertz CT molecular complexity index is 860. The molecular weight excluding hydrogens is 386 g/mol. The fraction of sp³-hybridized carbons (Fsp3) is 0.417. The third-order valence-electron chi connectivity index (χ3n) is 5.61. The zero-order valence-corrected chi connectivity index (χ0v) is 18.0. The van der Waals surface area contributed by atoms with E-state index in [1.807, 2.05) is 36.4 Å².